The highest BCUT2D eigenvalue weighted by Crippen LogP contribution is 2.29. The summed E-state index contributed by atoms with van der Waals surface area (Å²) in [5.41, 5.74) is 3.95. The highest BCUT2D eigenvalue weighted by molar-refractivity contribution is 5.92. The predicted molar refractivity (Wildman–Crippen MR) is 117 cm³/mol. The number of nitrogens with one attached hydrogen (secondary N) is 2. The summed E-state index contributed by atoms with van der Waals surface area (Å²) in [7, 11) is 1.46. The lowest BCUT2D eigenvalue weighted by molar-refractivity contribution is 0.0953. The van der Waals surface area contributed by atoms with Gasteiger partial charge in [0.1, 0.15) is 0 Å². The summed E-state index contributed by atoms with van der Waals surface area (Å²) < 4.78 is 14.2. The Morgan fingerprint density at radius 3 is 2.68 bits per heavy atom. The van der Waals surface area contributed by atoms with Crippen molar-refractivity contribution >= 4 is 16.9 Å². The number of H-pyrrole nitrogens is 1. The maximum atomic E-state index is 14.2. The van der Waals surface area contributed by atoms with E-state index >= 15 is 0 Å². The molecule has 8 heteroatoms. The van der Waals surface area contributed by atoms with E-state index in [1.165, 1.54) is 13.1 Å². The van der Waals surface area contributed by atoms with E-state index in [1.54, 1.807) is 6.20 Å². The second-order valence-corrected chi connectivity index (χ2v) is 7.98. The smallest absolute Gasteiger partial charge is 0.272 e. The van der Waals surface area contributed by atoms with Gasteiger partial charge in [0.25, 0.3) is 11.5 Å². The molecule has 0 aliphatic carbocycles. The normalized spacial score (nSPS) is 15.3. The number of carbonyl (C=O) groups is 1. The van der Waals surface area contributed by atoms with Crippen LogP contribution in [-0.4, -0.2) is 45.9 Å². The number of amides is 1. The predicted octanol–water partition coefficient (Wildman–Crippen LogP) is 2.76. The summed E-state index contributed by atoms with van der Waals surface area (Å²) in [5, 5.41) is 2.40. The van der Waals surface area contributed by atoms with Crippen LogP contribution in [-0.2, 0) is 13.0 Å². The van der Waals surface area contributed by atoms with Gasteiger partial charge in [0.2, 0.25) is 0 Å². The van der Waals surface area contributed by atoms with Crippen LogP contribution >= 0.6 is 0 Å². The van der Waals surface area contributed by atoms with Crippen molar-refractivity contribution in [1.29, 1.82) is 0 Å². The minimum absolute atomic E-state index is 0.0574. The van der Waals surface area contributed by atoms with Gasteiger partial charge in [-0.2, -0.15) is 0 Å². The van der Waals surface area contributed by atoms with Gasteiger partial charge in [0.05, 0.1) is 11.0 Å². The number of hydrogen-bond acceptors (Lipinski definition) is 5. The van der Waals surface area contributed by atoms with Gasteiger partial charge >= 0.3 is 0 Å². The van der Waals surface area contributed by atoms with Crippen LogP contribution in [0.1, 0.15) is 52.9 Å². The Hall–Kier alpha value is -3.13. The molecule has 1 amide bonds. The number of aromatic nitrogens is 3. The Morgan fingerprint density at radius 2 is 2.00 bits per heavy atom. The fourth-order valence-electron chi connectivity index (χ4n) is 4.16. The molecule has 0 radical (unpaired) electrons. The molecule has 0 spiro atoms. The van der Waals surface area contributed by atoms with Crippen molar-refractivity contribution in [3.05, 3.63) is 69.1 Å². The highest BCUT2D eigenvalue weighted by Gasteiger charge is 2.23. The molecule has 162 valence electrons. The number of aryl methyl sites for hydroxylation is 1. The molecule has 0 saturated carbocycles. The Labute approximate surface area is 179 Å². The molecule has 3 aromatic heterocycles. The monoisotopic (exact) mass is 423 g/mol. The molecule has 1 aliphatic rings. The van der Waals surface area contributed by atoms with Crippen molar-refractivity contribution in [2.45, 2.75) is 38.6 Å². The van der Waals surface area contributed by atoms with Crippen molar-refractivity contribution in [3.63, 3.8) is 0 Å². The molecule has 1 fully saturated rings. The quantitative estimate of drug-likeness (QED) is 0.659. The summed E-state index contributed by atoms with van der Waals surface area (Å²) >= 11 is 0. The first-order chi connectivity index (χ1) is 15.0. The fourth-order valence-corrected chi connectivity index (χ4v) is 4.16. The number of fused-ring (bicyclic) bond motifs is 1. The topological polar surface area (TPSA) is 91.0 Å². The van der Waals surface area contributed by atoms with E-state index in [1.807, 2.05) is 25.3 Å². The number of nitrogens with zero attached hydrogens (tertiary/aromatic N) is 3. The number of hydrogen-bond donors (Lipinski definition) is 2. The molecular formula is C23H26FN5O2. The van der Waals surface area contributed by atoms with E-state index in [0.717, 1.165) is 60.2 Å². The summed E-state index contributed by atoms with van der Waals surface area (Å²) in [6.45, 7) is 4.43. The number of aromatic amines is 1. The van der Waals surface area contributed by atoms with Gasteiger partial charge in [0, 0.05) is 31.5 Å². The van der Waals surface area contributed by atoms with Gasteiger partial charge in [-0.25, -0.2) is 9.37 Å². The number of rotatable bonds is 5. The molecule has 0 aromatic carbocycles. The zero-order valence-corrected chi connectivity index (χ0v) is 17.7. The van der Waals surface area contributed by atoms with Gasteiger partial charge in [-0.15, -0.1) is 0 Å². The zero-order chi connectivity index (χ0) is 22.0. The number of carbonyl (C=O) groups excluding carboxylic acids is 1. The zero-order valence-electron chi connectivity index (χ0n) is 17.7. The van der Waals surface area contributed by atoms with Crippen LogP contribution in [0.2, 0.25) is 0 Å². The lowest BCUT2D eigenvalue weighted by Gasteiger charge is -2.32. The Kier molecular flexibility index (Phi) is 6.08. The first kappa shape index (κ1) is 21.1. The molecule has 1 aliphatic heterocycles. The van der Waals surface area contributed by atoms with E-state index in [0.29, 0.717) is 6.42 Å². The molecule has 4 heterocycles. The van der Waals surface area contributed by atoms with Crippen LogP contribution in [0.15, 0.2) is 35.4 Å². The first-order valence-electron chi connectivity index (χ1n) is 10.6. The largest absolute Gasteiger partial charge is 0.354 e. The Balaban J connectivity index is 1.41. The van der Waals surface area contributed by atoms with E-state index < -0.39 is 11.7 Å². The molecule has 31 heavy (non-hydrogen) atoms. The number of likely N-dealkylation sites (tertiary alicyclic amines) is 1. The maximum absolute atomic E-state index is 14.2. The van der Waals surface area contributed by atoms with Crippen molar-refractivity contribution in [2.24, 2.45) is 0 Å². The fraction of sp³-hybridized carbons (Fsp3) is 0.391. The molecule has 7 nitrogen and oxygen atoms in total. The SMILES string of the molecule is CCc1cc2ncc(CN3CCC(c4cnc(C(=O)NC)c(F)c4)CC3)cc2[nH]c1=O. The van der Waals surface area contributed by atoms with E-state index in [4.69, 9.17) is 0 Å². The van der Waals surface area contributed by atoms with Crippen LogP contribution in [0.3, 0.4) is 0 Å². The molecule has 0 atom stereocenters. The van der Waals surface area contributed by atoms with Gasteiger partial charge in [-0.05, 0) is 67.6 Å². The first-order valence-corrected chi connectivity index (χ1v) is 10.6. The van der Waals surface area contributed by atoms with Crippen molar-refractivity contribution in [3.8, 4) is 0 Å². The Morgan fingerprint density at radius 1 is 1.23 bits per heavy atom. The van der Waals surface area contributed by atoms with Crippen LogP contribution in [0.5, 0.6) is 0 Å². The molecule has 1 saturated heterocycles. The van der Waals surface area contributed by atoms with Gasteiger partial charge < -0.3 is 10.3 Å². The lowest BCUT2D eigenvalue weighted by Crippen LogP contribution is -2.32. The summed E-state index contributed by atoms with van der Waals surface area (Å²) in [6, 6.07) is 5.28. The average Bonchev–Trinajstić information content (AvgIpc) is 2.78. The van der Waals surface area contributed by atoms with Gasteiger partial charge in [-0.3, -0.25) is 19.5 Å². The van der Waals surface area contributed by atoms with Crippen molar-refractivity contribution in [1.82, 2.24) is 25.2 Å². The third-order valence-corrected chi connectivity index (χ3v) is 5.98. The number of piperidine rings is 1. The third-order valence-electron chi connectivity index (χ3n) is 5.98. The van der Waals surface area contributed by atoms with Crippen LogP contribution in [0.25, 0.3) is 11.0 Å². The van der Waals surface area contributed by atoms with E-state index in [9.17, 15) is 14.0 Å². The van der Waals surface area contributed by atoms with E-state index in [-0.39, 0.29) is 17.2 Å². The molecule has 4 rings (SSSR count). The van der Waals surface area contributed by atoms with E-state index in [2.05, 4.69) is 25.2 Å². The standard InChI is InChI=1S/C23H26FN5O2/c1-3-15-10-19-20(28-22(15)30)8-14(11-26-19)13-29-6-4-16(5-7-29)17-9-18(24)21(27-12-17)23(31)25-2/h8-12,16H,3-7,13H2,1-2H3,(H,25,31)(H,28,30). The average molecular weight is 423 g/mol. The Bertz CT molecular complexity index is 1170. The summed E-state index contributed by atoms with van der Waals surface area (Å²) in [6.07, 6.45) is 5.93. The lowest BCUT2D eigenvalue weighted by atomic mass is 9.90. The number of halogens is 1. The van der Waals surface area contributed by atoms with Crippen molar-refractivity contribution in [2.75, 3.05) is 20.1 Å². The highest BCUT2D eigenvalue weighted by atomic mass is 19.1. The molecular weight excluding hydrogens is 397 g/mol. The molecule has 0 bridgehead atoms. The van der Waals surface area contributed by atoms with Crippen LogP contribution < -0.4 is 10.9 Å². The number of pyridine rings is 3. The van der Waals surface area contributed by atoms with Crippen LogP contribution in [0.4, 0.5) is 4.39 Å². The maximum Gasteiger partial charge on any atom is 0.272 e. The van der Waals surface area contributed by atoms with Gasteiger partial charge in [-0.1, -0.05) is 6.92 Å². The summed E-state index contributed by atoms with van der Waals surface area (Å²) in [4.78, 5) is 37.5. The summed E-state index contributed by atoms with van der Waals surface area (Å²) in [5.74, 6) is -0.882. The van der Waals surface area contributed by atoms with Gasteiger partial charge in [0.15, 0.2) is 11.5 Å². The molecule has 3 aromatic rings. The minimum Gasteiger partial charge on any atom is -0.354 e. The molecule has 0 unspecified atom stereocenters. The second kappa shape index (κ2) is 8.93. The van der Waals surface area contributed by atoms with Crippen molar-refractivity contribution < 1.29 is 9.18 Å². The third kappa shape index (κ3) is 4.49. The van der Waals surface area contributed by atoms with Crippen LogP contribution in [0, 0.1) is 5.82 Å². The minimum atomic E-state index is -0.582. The molecule has 2 N–H and O–H groups in total. The second-order valence-electron chi connectivity index (χ2n) is 7.98.